The normalized spacial score (nSPS) is 10.9. The summed E-state index contributed by atoms with van der Waals surface area (Å²) in [5, 5.41) is 0. The van der Waals surface area contributed by atoms with Crippen LogP contribution in [0.3, 0.4) is 0 Å². The van der Waals surface area contributed by atoms with Crippen molar-refractivity contribution in [3.05, 3.63) is 36.2 Å². The van der Waals surface area contributed by atoms with Gasteiger partial charge in [-0.2, -0.15) is 8.78 Å². The molecular formula is C13H13F2N3S. The number of halogens is 2. The molecule has 0 spiro atoms. The highest BCUT2D eigenvalue weighted by Gasteiger charge is 2.10. The summed E-state index contributed by atoms with van der Waals surface area (Å²) < 4.78 is 24.5. The summed E-state index contributed by atoms with van der Waals surface area (Å²) in [5.41, 5.74) is 8.29. The van der Waals surface area contributed by atoms with Gasteiger partial charge in [-0.15, -0.1) is 0 Å². The van der Waals surface area contributed by atoms with Crippen molar-refractivity contribution in [2.75, 3.05) is 5.73 Å². The van der Waals surface area contributed by atoms with Gasteiger partial charge < -0.3 is 5.73 Å². The molecule has 0 unspecified atom stereocenters. The molecule has 0 aliphatic heterocycles. The molecule has 0 aliphatic carbocycles. The van der Waals surface area contributed by atoms with Crippen LogP contribution in [0.25, 0.3) is 11.3 Å². The van der Waals surface area contributed by atoms with Crippen LogP contribution in [-0.2, 0) is 6.42 Å². The van der Waals surface area contributed by atoms with Crippen molar-refractivity contribution in [1.82, 2.24) is 9.97 Å². The lowest BCUT2D eigenvalue weighted by Crippen LogP contribution is -2.01. The average Bonchev–Trinajstić information content (AvgIpc) is 2.38. The third-order valence-electron chi connectivity index (χ3n) is 2.69. The first-order valence-electron chi connectivity index (χ1n) is 5.76. The Morgan fingerprint density at radius 2 is 1.89 bits per heavy atom. The summed E-state index contributed by atoms with van der Waals surface area (Å²) in [5.74, 6) is -1.95. The van der Waals surface area contributed by atoms with E-state index in [9.17, 15) is 8.78 Å². The third kappa shape index (κ3) is 3.20. The summed E-state index contributed by atoms with van der Waals surface area (Å²) >= 11 is 0.525. The van der Waals surface area contributed by atoms with Crippen LogP contribution in [0.1, 0.15) is 12.5 Å². The minimum absolute atomic E-state index is 0.457. The molecule has 2 rings (SSSR count). The molecule has 0 saturated heterocycles. The van der Waals surface area contributed by atoms with Gasteiger partial charge in [-0.1, -0.05) is 30.8 Å². The summed E-state index contributed by atoms with van der Waals surface area (Å²) in [7, 11) is 0. The largest absolute Gasteiger partial charge is 0.383 e. The van der Waals surface area contributed by atoms with Gasteiger partial charge in [0.15, 0.2) is 0 Å². The van der Waals surface area contributed by atoms with E-state index in [-0.39, 0.29) is 0 Å². The van der Waals surface area contributed by atoms with Crippen LogP contribution in [-0.4, -0.2) is 15.7 Å². The molecule has 1 aromatic carbocycles. The fraction of sp³-hybridized carbons (Fsp3) is 0.231. The second-order valence-electron chi connectivity index (χ2n) is 3.84. The molecule has 100 valence electrons. The molecule has 0 fully saturated rings. The van der Waals surface area contributed by atoms with Crippen molar-refractivity contribution in [1.29, 1.82) is 0 Å². The number of rotatable bonds is 4. The highest BCUT2D eigenvalue weighted by molar-refractivity contribution is 7.99. The lowest BCUT2D eigenvalue weighted by atomic mass is 10.0. The lowest BCUT2D eigenvalue weighted by molar-refractivity contribution is 0.252. The number of benzene rings is 1. The quantitative estimate of drug-likeness (QED) is 0.870. The number of hydrogen-bond acceptors (Lipinski definition) is 4. The van der Waals surface area contributed by atoms with Crippen molar-refractivity contribution in [3.63, 3.8) is 0 Å². The zero-order chi connectivity index (χ0) is 13.8. The van der Waals surface area contributed by atoms with Gasteiger partial charge in [-0.3, -0.25) is 0 Å². The second kappa shape index (κ2) is 5.97. The summed E-state index contributed by atoms with van der Waals surface area (Å²) in [6, 6.07) is 6.85. The van der Waals surface area contributed by atoms with Crippen molar-refractivity contribution >= 4 is 17.6 Å². The number of nitrogens with two attached hydrogens (primary N) is 1. The SMILES string of the molecule is CCc1c(N)ncnc1-c1ccc(SC(F)F)cc1. The van der Waals surface area contributed by atoms with Gasteiger partial charge in [-0.05, 0) is 18.6 Å². The number of anilines is 1. The van der Waals surface area contributed by atoms with Crippen molar-refractivity contribution in [2.24, 2.45) is 0 Å². The van der Waals surface area contributed by atoms with Gasteiger partial charge >= 0.3 is 0 Å². The summed E-state index contributed by atoms with van der Waals surface area (Å²) in [4.78, 5) is 8.71. The second-order valence-corrected chi connectivity index (χ2v) is 4.91. The lowest BCUT2D eigenvalue weighted by Gasteiger charge is -2.09. The topological polar surface area (TPSA) is 51.8 Å². The van der Waals surface area contributed by atoms with E-state index in [4.69, 9.17) is 5.73 Å². The fourth-order valence-corrected chi connectivity index (χ4v) is 2.32. The Morgan fingerprint density at radius 1 is 1.21 bits per heavy atom. The fourth-order valence-electron chi connectivity index (χ4n) is 1.82. The standard InChI is InChI=1S/C13H13F2N3S/c1-2-10-11(17-7-18-12(10)16)8-3-5-9(6-4-8)19-13(14)15/h3-7,13H,2H2,1H3,(H2,16,17,18). The van der Waals surface area contributed by atoms with Gasteiger partial charge in [0.25, 0.3) is 5.76 Å². The van der Waals surface area contributed by atoms with Crippen molar-refractivity contribution in [3.8, 4) is 11.3 Å². The highest BCUT2D eigenvalue weighted by Crippen LogP contribution is 2.29. The molecule has 1 heterocycles. The molecule has 0 atom stereocenters. The first-order valence-corrected chi connectivity index (χ1v) is 6.64. The minimum Gasteiger partial charge on any atom is -0.383 e. The Kier molecular flexibility index (Phi) is 4.31. The van der Waals surface area contributed by atoms with E-state index in [1.54, 1.807) is 24.3 Å². The van der Waals surface area contributed by atoms with Crippen molar-refractivity contribution in [2.45, 2.75) is 24.0 Å². The van der Waals surface area contributed by atoms with E-state index in [1.165, 1.54) is 6.33 Å². The van der Waals surface area contributed by atoms with Gasteiger partial charge in [-0.25, -0.2) is 9.97 Å². The van der Waals surface area contributed by atoms with Crippen LogP contribution in [0.4, 0.5) is 14.6 Å². The van der Waals surface area contributed by atoms with Crippen LogP contribution in [0, 0.1) is 0 Å². The van der Waals surface area contributed by atoms with E-state index in [2.05, 4.69) is 9.97 Å². The maximum Gasteiger partial charge on any atom is 0.288 e. The monoisotopic (exact) mass is 281 g/mol. The molecule has 2 N–H and O–H groups in total. The first kappa shape index (κ1) is 13.7. The molecular weight excluding hydrogens is 268 g/mol. The van der Waals surface area contributed by atoms with Gasteiger partial charge in [0.2, 0.25) is 0 Å². The molecule has 0 bridgehead atoms. The number of aromatic nitrogens is 2. The van der Waals surface area contributed by atoms with Crippen LogP contribution in [0.5, 0.6) is 0 Å². The highest BCUT2D eigenvalue weighted by atomic mass is 32.2. The van der Waals surface area contributed by atoms with Gasteiger partial charge in [0.05, 0.1) is 5.69 Å². The molecule has 19 heavy (non-hydrogen) atoms. The van der Waals surface area contributed by atoms with Gasteiger partial charge in [0, 0.05) is 16.0 Å². The predicted molar refractivity (Wildman–Crippen MR) is 73.1 cm³/mol. The molecule has 6 heteroatoms. The van der Waals surface area contributed by atoms with E-state index in [0.717, 1.165) is 23.2 Å². The molecule has 0 radical (unpaired) electrons. The maximum atomic E-state index is 12.2. The van der Waals surface area contributed by atoms with Crippen LogP contribution in [0.2, 0.25) is 0 Å². The zero-order valence-corrected chi connectivity index (χ0v) is 11.1. The molecule has 0 amide bonds. The molecule has 2 aromatic rings. The number of nitrogens with zero attached hydrogens (tertiary/aromatic N) is 2. The Labute approximate surface area is 114 Å². The number of alkyl halides is 2. The maximum absolute atomic E-state index is 12.2. The molecule has 1 aromatic heterocycles. The number of hydrogen-bond donors (Lipinski definition) is 1. The average molecular weight is 281 g/mol. The van der Waals surface area contributed by atoms with Crippen molar-refractivity contribution < 1.29 is 8.78 Å². The number of thioether (sulfide) groups is 1. The zero-order valence-electron chi connectivity index (χ0n) is 10.3. The Balaban J connectivity index is 2.35. The molecule has 0 saturated carbocycles. The Morgan fingerprint density at radius 3 is 2.47 bits per heavy atom. The van der Waals surface area contributed by atoms with Crippen LogP contribution >= 0.6 is 11.8 Å². The van der Waals surface area contributed by atoms with Crippen LogP contribution in [0.15, 0.2) is 35.5 Å². The Hall–Kier alpha value is -1.69. The molecule has 3 nitrogen and oxygen atoms in total. The Bertz CT molecular complexity index is 558. The molecule has 0 aliphatic rings. The van der Waals surface area contributed by atoms with E-state index < -0.39 is 5.76 Å². The first-order chi connectivity index (χ1) is 9.11. The summed E-state index contributed by atoms with van der Waals surface area (Å²) in [6.45, 7) is 1.97. The predicted octanol–water partition coefficient (Wildman–Crippen LogP) is 3.60. The van der Waals surface area contributed by atoms with E-state index in [0.29, 0.717) is 22.5 Å². The van der Waals surface area contributed by atoms with E-state index in [1.807, 2.05) is 6.92 Å². The minimum atomic E-state index is -2.41. The number of nitrogen functional groups attached to an aromatic ring is 1. The van der Waals surface area contributed by atoms with Gasteiger partial charge in [0.1, 0.15) is 12.1 Å². The third-order valence-corrected chi connectivity index (χ3v) is 3.41. The summed E-state index contributed by atoms with van der Waals surface area (Å²) in [6.07, 6.45) is 2.13. The smallest absolute Gasteiger partial charge is 0.288 e. The van der Waals surface area contributed by atoms with E-state index >= 15 is 0 Å². The van der Waals surface area contributed by atoms with Crippen LogP contribution < -0.4 is 5.73 Å².